The van der Waals surface area contributed by atoms with Crippen LogP contribution in [0.4, 0.5) is 0 Å². The predicted molar refractivity (Wildman–Crippen MR) is 171 cm³/mol. The number of aliphatic hydroxyl groups excluding tert-OH is 2. The monoisotopic (exact) mass is 704 g/mol. The quantitative estimate of drug-likeness (QED) is 0.205. The molecule has 3 aliphatic carbocycles. The molecule has 2 bridgehead atoms. The van der Waals surface area contributed by atoms with Crippen molar-refractivity contribution < 1.29 is 47.7 Å². The number of Topliss-reactive ketones (excluding diaryl/α,β-unsaturated/α-hetero) is 1. The number of aliphatic hydroxyl groups is 3. The van der Waals surface area contributed by atoms with Crippen molar-refractivity contribution in [3.05, 3.63) is 47.0 Å². The van der Waals surface area contributed by atoms with Crippen molar-refractivity contribution in [3.8, 4) is 0 Å². The zero-order valence-electron chi connectivity index (χ0n) is 28.3. The van der Waals surface area contributed by atoms with E-state index < -0.39 is 89.8 Å². The first-order valence-electron chi connectivity index (χ1n) is 16.6. The summed E-state index contributed by atoms with van der Waals surface area (Å²) < 4.78 is 25.8. The molecule has 10 nitrogen and oxygen atoms in total. The van der Waals surface area contributed by atoms with Crippen LogP contribution in [-0.2, 0) is 27.6 Å². The van der Waals surface area contributed by atoms with Crippen LogP contribution in [0.25, 0.3) is 0 Å². The van der Waals surface area contributed by atoms with Gasteiger partial charge in [-0.1, -0.05) is 0 Å². The molecular weight excluding hydrogens is 653 g/mol. The van der Waals surface area contributed by atoms with E-state index in [1.54, 1.807) is 58.0 Å². The summed E-state index contributed by atoms with van der Waals surface area (Å²) in [6.45, 7) is 14.2. The standard InChI is InChI=1S/C35H50GeO10/c1-9-36(10-2,11-3)46-24-17-25-34(19-43-25,45-21(5)37)28-30(44-31(41)22-15-13-12-14-16-22)35(42)18-23(38)20(4)26(32(35,6)7)27(39)29(40)33(24,28)8/h12-16,23-25,27-28,30,38-39,42H,9-11,17-19H2,1-8H3/t23?,24-,25+,27?,28-,30-,33+,34-,35+/m0/s1. The fourth-order valence-corrected chi connectivity index (χ4v) is 15.3. The van der Waals surface area contributed by atoms with E-state index in [0.717, 1.165) is 15.8 Å². The van der Waals surface area contributed by atoms with Gasteiger partial charge in [-0.25, -0.2) is 0 Å². The third-order valence-electron chi connectivity index (χ3n) is 12.2. The van der Waals surface area contributed by atoms with Crippen LogP contribution >= 0.6 is 0 Å². The van der Waals surface area contributed by atoms with Crippen LogP contribution in [0, 0.1) is 16.7 Å². The number of fused-ring (bicyclic) bond motifs is 5. The van der Waals surface area contributed by atoms with Crippen LogP contribution < -0.4 is 0 Å². The van der Waals surface area contributed by atoms with Gasteiger partial charge in [0.2, 0.25) is 0 Å². The van der Waals surface area contributed by atoms with Crippen molar-refractivity contribution in [2.75, 3.05) is 6.61 Å². The first kappa shape index (κ1) is 35.2. The molecule has 4 aliphatic rings. The molecule has 254 valence electrons. The van der Waals surface area contributed by atoms with Crippen molar-refractivity contribution in [2.45, 2.75) is 126 Å². The van der Waals surface area contributed by atoms with E-state index in [1.165, 1.54) is 6.92 Å². The number of ketones is 1. The molecule has 5 rings (SSSR count). The molecular formula is C35H50GeO10. The molecule has 0 spiro atoms. The van der Waals surface area contributed by atoms with Gasteiger partial charge in [-0.05, 0) is 0 Å². The third kappa shape index (κ3) is 4.96. The second-order valence-electron chi connectivity index (χ2n) is 14.5. The van der Waals surface area contributed by atoms with Gasteiger partial charge in [0.15, 0.2) is 0 Å². The average molecular weight is 703 g/mol. The molecule has 1 aliphatic heterocycles. The number of rotatable bonds is 8. The van der Waals surface area contributed by atoms with Gasteiger partial charge in [-0.3, -0.25) is 0 Å². The van der Waals surface area contributed by atoms with Crippen LogP contribution in [0.1, 0.15) is 78.6 Å². The Hall–Kier alpha value is -2.09. The van der Waals surface area contributed by atoms with Gasteiger partial charge in [-0.15, -0.1) is 0 Å². The van der Waals surface area contributed by atoms with Gasteiger partial charge in [-0.2, -0.15) is 0 Å². The number of hydrogen-bond donors (Lipinski definition) is 3. The maximum atomic E-state index is 15.1. The van der Waals surface area contributed by atoms with Gasteiger partial charge in [0.05, 0.1) is 0 Å². The number of hydrogen-bond acceptors (Lipinski definition) is 10. The van der Waals surface area contributed by atoms with E-state index in [1.807, 2.05) is 0 Å². The zero-order valence-corrected chi connectivity index (χ0v) is 30.4. The molecule has 1 saturated heterocycles. The fraction of sp³-hybridized carbons (Fsp3) is 0.686. The average Bonchev–Trinajstić information content (AvgIpc) is 3.01. The van der Waals surface area contributed by atoms with Crippen molar-refractivity contribution in [2.24, 2.45) is 16.7 Å². The summed E-state index contributed by atoms with van der Waals surface area (Å²) in [6, 6.07) is 8.33. The van der Waals surface area contributed by atoms with Crippen molar-refractivity contribution in [1.29, 1.82) is 0 Å². The van der Waals surface area contributed by atoms with E-state index in [4.69, 9.17) is 18.0 Å². The Kier molecular flexibility index (Phi) is 9.27. The Morgan fingerprint density at radius 2 is 1.65 bits per heavy atom. The Labute approximate surface area is 274 Å². The Bertz CT molecular complexity index is 1400. The summed E-state index contributed by atoms with van der Waals surface area (Å²) >= 11 is -3.05. The maximum absolute atomic E-state index is 15.1. The molecule has 1 aromatic rings. The molecule has 0 radical (unpaired) electrons. The SMILES string of the molecule is C[CH2][Ge]([CH2]C)([CH2]C)[O][C@H]1C[C@H]2OC[C@@]2(OC(C)=O)[C@H]2[C@H](OC(=O)c3ccccc3)[C@]3(O)CC(O)C(C)=C(C(O)C(=O)[C@]12C)C3(C)C. The van der Waals surface area contributed by atoms with E-state index >= 15 is 4.79 Å². The van der Waals surface area contributed by atoms with E-state index in [9.17, 15) is 24.9 Å². The molecule has 1 aromatic carbocycles. The molecule has 9 atom stereocenters. The fourth-order valence-electron chi connectivity index (χ4n) is 9.11. The topological polar surface area (TPSA) is 149 Å². The van der Waals surface area contributed by atoms with Crippen molar-refractivity contribution in [1.82, 2.24) is 0 Å². The van der Waals surface area contributed by atoms with E-state index in [-0.39, 0.29) is 30.6 Å². The first-order chi connectivity index (χ1) is 21.5. The molecule has 1 heterocycles. The molecule has 2 saturated carbocycles. The molecule has 3 N–H and O–H groups in total. The zero-order chi connectivity index (χ0) is 34.0. The number of ether oxygens (including phenoxy) is 3. The van der Waals surface area contributed by atoms with Gasteiger partial charge in [0.25, 0.3) is 0 Å². The predicted octanol–water partition coefficient (Wildman–Crippen LogP) is 4.11. The second-order valence-corrected chi connectivity index (χ2v) is 24.4. The molecule has 46 heavy (non-hydrogen) atoms. The minimum absolute atomic E-state index is 0.102. The van der Waals surface area contributed by atoms with Gasteiger partial charge < -0.3 is 0 Å². The van der Waals surface area contributed by atoms with Crippen LogP contribution in [0.3, 0.4) is 0 Å². The van der Waals surface area contributed by atoms with E-state index in [0.29, 0.717) is 5.57 Å². The summed E-state index contributed by atoms with van der Waals surface area (Å²) in [5.41, 5.74) is -5.66. The summed E-state index contributed by atoms with van der Waals surface area (Å²) in [6.07, 6.45) is -5.98. The van der Waals surface area contributed by atoms with Gasteiger partial charge in [0, 0.05) is 0 Å². The summed E-state index contributed by atoms with van der Waals surface area (Å²) in [7, 11) is 0. The van der Waals surface area contributed by atoms with Crippen molar-refractivity contribution in [3.63, 3.8) is 0 Å². The number of carbonyl (C=O) groups is 3. The molecule has 11 heteroatoms. The van der Waals surface area contributed by atoms with Gasteiger partial charge in [0.1, 0.15) is 0 Å². The second kappa shape index (κ2) is 12.1. The summed E-state index contributed by atoms with van der Waals surface area (Å²) in [5.74, 6) is -3.14. The number of benzene rings is 1. The van der Waals surface area contributed by atoms with Crippen LogP contribution in [0.2, 0.25) is 15.8 Å². The van der Waals surface area contributed by atoms with Crippen LogP contribution in [0.5, 0.6) is 0 Å². The number of carbonyl (C=O) groups excluding carboxylic acids is 3. The molecule has 2 unspecified atom stereocenters. The third-order valence-corrected chi connectivity index (χ3v) is 22.0. The Balaban J connectivity index is 1.84. The summed E-state index contributed by atoms with van der Waals surface area (Å²) in [5, 5.41) is 39.0. The molecule has 0 aromatic heterocycles. The molecule has 3 fully saturated rings. The van der Waals surface area contributed by atoms with Crippen LogP contribution in [0.15, 0.2) is 41.5 Å². The first-order valence-corrected chi connectivity index (χ1v) is 21.9. The minimum atomic E-state index is -3.05. The summed E-state index contributed by atoms with van der Waals surface area (Å²) in [4.78, 5) is 42.0. The van der Waals surface area contributed by atoms with Gasteiger partial charge >= 0.3 is 275 Å². The van der Waals surface area contributed by atoms with Crippen LogP contribution in [-0.4, -0.2) is 95.0 Å². The van der Waals surface area contributed by atoms with E-state index in [2.05, 4.69) is 20.8 Å². The number of esters is 2. The Morgan fingerprint density at radius 3 is 2.17 bits per heavy atom. The molecule has 0 amide bonds. The van der Waals surface area contributed by atoms with Crippen molar-refractivity contribution >= 4 is 31.3 Å². The Morgan fingerprint density at radius 1 is 1.04 bits per heavy atom. The normalized spacial score (nSPS) is 38.5.